The highest BCUT2D eigenvalue weighted by molar-refractivity contribution is 8.00. The number of nitrogens with zero attached hydrogens (tertiary/aromatic N) is 1. The Kier molecular flexibility index (Phi) is 6.83. The number of nitrogens with one attached hydrogen (secondary N) is 1. The third-order valence-corrected chi connectivity index (χ3v) is 5.84. The highest BCUT2D eigenvalue weighted by Gasteiger charge is 2.16. The third kappa shape index (κ3) is 5.70. The van der Waals surface area contributed by atoms with Crippen LogP contribution in [0.3, 0.4) is 0 Å². The minimum Gasteiger partial charge on any atom is -0.492 e. The number of anilines is 1. The molecule has 1 N–H and O–H groups in total. The molecule has 1 saturated carbocycles. The van der Waals surface area contributed by atoms with Crippen molar-refractivity contribution in [3.05, 3.63) is 54.6 Å². The van der Waals surface area contributed by atoms with Gasteiger partial charge in [-0.3, -0.25) is 0 Å². The SMILES string of the molecule is CN(CCOc1ccccc1)C(=O)Nc1ccc(SC2CCCC2)cc1. The van der Waals surface area contributed by atoms with Crippen molar-refractivity contribution in [3.63, 3.8) is 0 Å². The van der Waals surface area contributed by atoms with Gasteiger partial charge in [0.1, 0.15) is 12.4 Å². The van der Waals surface area contributed by atoms with Gasteiger partial charge in [-0.1, -0.05) is 31.0 Å². The molecule has 0 radical (unpaired) electrons. The molecule has 26 heavy (non-hydrogen) atoms. The monoisotopic (exact) mass is 370 g/mol. The molecule has 1 aliphatic carbocycles. The van der Waals surface area contributed by atoms with Crippen LogP contribution in [0.15, 0.2) is 59.5 Å². The molecular formula is C21H26N2O2S. The third-order valence-electron chi connectivity index (χ3n) is 4.50. The van der Waals surface area contributed by atoms with Crippen LogP contribution in [0.1, 0.15) is 25.7 Å². The summed E-state index contributed by atoms with van der Waals surface area (Å²) >= 11 is 1.95. The van der Waals surface area contributed by atoms with E-state index >= 15 is 0 Å². The molecule has 0 aliphatic heterocycles. The Morgan fingerprint density at radius 3 is 2.50 bits per heavy atom. The quantitative estimate of drug-likeness (QED) is 0.722. The molecule has 3 rings (SSSR count). The van der Waals surface area contributed by atoms with E-state index in [1.165, 1.54) is 30.6 Å². The van der Waals surface area contributed by atoms with Crippen LogP contribution in [0.25, 0.3) is 0 Å². The lowest BCUT2D eigenvalue weighted by atomic mass is 10.3. The summed E-state index contributed by atoms with van der Waals surface area (Å²) in [6.07, 6.45) is 5.34. The van der Waals surface area contributed by atoms with Crippen LogP contribution in [0.4, 0.5) is 10.5 Å². The molecule has 138 valence electrons. The van der Waals surface area contributed by atoms with E-state index in [9.17, 15) is 4.79 Å². The van der Waals surface area contributed by atoms with E-state index in [0.29, 0.717) is 13.2 Å². The Labute approximate surface area is 159 Å². The van der Waals surface area contributed by atoms with Gasteiger partial charge in [0.15, 0.2) is 0 Å². The van der Waals surface area contributed by atoms with Crippen molar-refractivity contribution in [2.75, 3.05) is 25.5 Å². The van der Waals surface area contributed by atoms with Crippen molar-refractivity contribution >= 4 is 23.5 Å². The molecule has 2 aromatic rings. The zero-order chi connectivity index (χ0) is 18.2. The van der Waals surface area contributed by atoms with Crippen molar-refractivity contribution in [2.24, 2.45) is 0 Å². The number of para-hydroxylation sites is 1. The van der Waals surface area contributed by atoms with E-state index in [-0.39, 0.29) is 6.03 Å². The maximum Gasteiger partial charge on any atom is 0.321 e. The van der Waals surface area contributed by atoms with Gasteiger partial charge in [-0.25, -0.2) is 4.79 Å². The molecule has 0 unspecified atom stereocenters. The molecule has 2 amide bonds. The first kappa shape index (κ1) is 18.6. The largest absolute Gasteiger partial charge is 0.492 e. The number of ether oxygens (including phenoxy) is 1. The van der Waals surface area contributed by atoms with Crippen LogP contribution >= 0.6 is 11.8 Å². The van der Waals surface area contributed by atoms with Crippen molar-refractivity contribution in [1.82, 2.24) is 4.90 Å². The predicted octanol–water partition coefficient (Wildman–Crippen LogP) is 5.26. The molecule has 0 atom stereocenters. The summed E-state index contributed by atoms with van der Waals surface area (Å²) in [4.78, 5) is 15.2. The summed E-state index contributed by atoms with van der Waals surface area (Å²) in [5.74, 6) is 0.816. The number of carbonyl (C=O) groups is 1. The Morgan fingerprint density at radius 2 is 1.81 bits per heavy atom. The average molecular weight is 371 g/mol. The van der Waals surface area contributed by atoms with Crippen LogP contribution in [-0.4, -0.2) is 36.4 Å². The van der Waals surface area contributed by atoms with Gasteiger partial charge in [-0.05, 0) is 49.2 Å². The first-order chi connectivity index (χ1) is 12.7. The number of urea groups is 1. The van der Waals surface area contributed by atoms with Gasteiger partial charge < -0.3 is 15.0 Å². The van der Waals surface area contributed by atoms with E-state index in [2.05, 4.69) is 17.4 Å². The Hall–Kier alpha value is -2.14. The molecule has 1 fully saturated rings. The summed E-state index contributed by atoms with van der Waals surface area (Å²) in [5, 5.41) is 3.69. The second-order valence-corrected chi connectivity index (χ2v) is 7.94. The van der Waals surface area contributed by atoms with Crippen molar-refractivity contribution < 1.29 is 9.53 Å². The standard InChI is InChI=1S/C21H26N2O2S/c1-23(15-16-25-18-7-3-2-4-8-18)21(24)22-17-11-13-20(14-12-17)26-19-9-5-6-10-19/h2-4,7-8,11-14,19H,5-6,9-10,15-16H2,1H3,(H,22,24). The lowest BCUT2D eigenvalue weighted by Gasteiger charge is -2.18. The number of thioether (sulfide) groups is 1. The van der Waals surface area contributed by atoms with E-state index < -0.39 is 0 Å². The Balaban J connectivity index is 1.41. The molecule has 4 nitrogen and oxygen atoms in total. The summed E-state index contributed by atoms with van der Waals surface area (Å²) in [5.41, 5.74) is 0.821. The van der Waals surface area contributed by atoms with Crippen molar-refractivity contribution in [1.29, 1.82) is 0 Å². The number of benzene rings is 2. The number of hydrogen-bond acceptors (Lipinski definition) is 3. The summed E-state index contributed by atoms with van der Waals surface area (Å²) in [7, 11) is 1.77. The van der Waals surface area contributed by atoms with Crippen LogP contribution < -0.4 is 10.1 Å². The van der Waals surface area contributed by atoms with Gasteiger partial charge in [-0.15, -0.1) is 11.8 Å². The molecule has 0 heterocycles. The zero-order valence-electron chi connectivity index (χ0n) is 15.2. The molecule has 5 heteroatoms. The van der Waals surface area contributed by atoms with E-state index in [1.54, 1.807) is 11.9 Å². The van der Waals surface area contributed by atoms with Crippen molar-refractivity contribution in [3.8, 4) is 5.75 Å². The fourth-order valence-electron chi connectivity index (χ4n) is 2.95. The number of rotatable bonds is 7. The first-order valence-corrected chi connectivity index (χ1v) is 10.1. The predicted molar refractivity (Wildman–Crippen MR) is 108 cm³/mol. The van der Waals surface area contributed by atoms with Crippen LogP contribution in [0.2, 0.25) is 0 Å². The fourth-order valence-corrected chi connectivity index (χ4v) is 4.20. The normalized spacial score (nSPS) is 14.2. The minimum atomic E-state index is -0.127. The van der Waals surface area contributed by atoms with E-state index in [1.807, 2.05) is 54.2 Å². The summed E-state index contributed by atoms with van der Waals surface area (Å²) < 4.78 is 5.63. The second kappa shape index (κ2) is 9.53. The Morgan fingerprint density at radius 1 is 1.12 bits per heavy atom. The van der Waals surface area contributed by atoms with Gasteiger partial charge in [0.05, 0.1) is 6.54 Å². The molecule has 0 bridgehead atoms. The first-order valence-electron chi connectivity index (χ1n) is 9.17. The maximum absolute atomic E-state index is 12.3. The zero-order valence-corrected chi connectivity index (χ0v) is 16.0. The van der Waals surface area contributed by atoms with Crippen LogP contribution in [0, 0.1) is 0 Å². The minimum absolute atomic E-state index is 0.127. The van der Waals surface area contributed by atoms with Gasteiger partial charge in [0.2, 0.25) is 0 Å². The van der Waals surface area contributed by atoms with Gasteiger partial charge in [0.25, 0.3) is 0 Å². The topological polar surface area (TPSA) is 41.6 Å². The molecule has 0 saturated heterocycles. The molecule has 2 aromatic carbocycles. The molecule has 0 aromatic heterocycles. The lowest BCUT2D eigenvalue weighted by molar-refractivity contribution is 0.207. The molecule has 1 aliphatic rings. The number of likely N-dealkylation sites (N-methyl/N-ethyl adjacent to an activating group) is 1. The molecular weight excluding hydrogens is 344 g/mol. The second-order valence-electron chi connectivity index (χ2n) is 6.56. The van der Waals surface area contributed by atoms with Gasteiger partial charge in [-0.2, -0.15) is 0 Å². The Bertz CT molecular complexity index is 685. The highest BCUT2D eigenvalue weighted by atomic mass is 32.2. The number of amides is 2. The van der Waals surface area contributed by atoms with Crippen molar-refractivity contribution in [2.45, 2.75) is 35.8 Å². The average Bonchev–Trinajstić information content (AvgIpc) is 3.17. The van der Waals surface area contributed by atoms with Crippen LogP contribution in [-0.2, 0) is 0 Å². The number of hydrogen-bond donors (Lipinski definition) is 1. The fraction of sp³-hybridized carbons (Fsp3) is 0.381. The lowest BCUT2D eigenvalue weighted by Crippen LogP contribution is -2.34. The smallest absolute Gasteiger partial charge is 0.321 e. The van der Waals surface area contributed by atoms with Crippen LogP contribution in [0.5, 0.6) is 5.75 Å². The summed E-state index contributed by atoms with van der Waals surface area (Å²) in [6, 6.07) is 17.6. The molecule has 0 spiro atoms. The summed E-state index contributed by atoms with van der Waals surface area (Å²) in [6.45, 7) is 0.987. The highest BCUT2D eigenvalue weighted by Crippen LogP contribution is 2.34. The number of carbonyl (C=O) groups excluding carboxylic acids is 1. The maximum atomic E-state index is 12.3. The van der Waals surface area contributed by atoms with E-state index in [4.69, 9.17) is 4.74 Å². The van der Waals surface area contributed by atoms with E-state index in [0.717, 1.165) is 16.7 Å². The van der Waals surface area contributed by atoms with Gasteiger partial charge in [0, 0.05) is 22.9 Å². The van der Waals surface area contributed by atoms with Gasteiger partial charge >= 0.3 is 6.03 Å².